The highest BCUT2D eigenvalue weighted by Gasteiger charge is 2.59. The third-order valence-electron chi connectivity index (χ3n) is 12.1. The standard InChI is InChI=1S/C35H55NO7/c1-22(2)7-6-8-23(3)27-11-12-28-26-10-9-24-19-25(15-17-34(24,4)29(26)16-18-35(27,28)5)43-33(42)21-36(20-32(40)41)30(37)13-14-31(38)39/h9,22-23,25-29H,6-8,10-21H2,1-5H3,(H,38,39)(H,40,41)/t23-,25+,26+,27?,28+,29+,34+,35-/m1/s1. The van der Waals surface area contributed by atoms with E-state index in [4.69, 9.17) is 9.84 Å². The molecule has 0 aromatic heterocycles. The summed E-state index contributed by atoms with van der Waals surface area (Å²) in [6.45, 7) is 11.1. The molecule has 0 aromatic rings. The topological polar surface area (TPSA) is 121 Å². The molecule has 43 heavy (non-hydrogen) atoms. The van der Waals surface area contributed by atoms with Gasteiger partial charge in [0, 0.05) is 12.8 Å². The van der Waals surface area contributed by atoms with Crippen LogP contribution in [0, 0.1) is 46.3 Å². The van der Waals surface area contributed by atoms with E-state index in [-0.39, 0.29) is 17.9 Å². The predicted molar refractivity (Wildman–Crippen MR) is 164 cm³/mol. The van der Waals surface area contributed by atoms with E-state index in [1.54, 1.807) is 0 Å². The first-order chi connectivity index (χ1) is 20.2. The van der Waals surface area contributed by atoms with Gasteiger partial charge in [-0.15, -0.1) is 0 Å². The molecule has 8 nitrogen and oxygen atoms in total. The average molecular weight is 602 g/mol. The van der Waals surface area contributed by atoms with E-state index in [9.17, 15) is 24.3 Å². The Kier molecular flexibility index (Phi) is 10.7. The maximum atomic E-state index is 12.8. The number of carbonyl (C=O) groups excluding carboxylic acids is 2. The number of rotatable bonds is 13. The first-order valence-corrected chi connectivity index (χ1v) is 16.8. The maximum Gasteiger partial charge on any atom is 0.325 e. The molecule has 4 rings (SSSR count). The Labute approximate surface area is 258 Å². The molecule has 4 aliphatic rings. The van der Waals surface area contributed by atoms with Crippen molar-refractivity contribution in [3.8, 4) is 0 Å². The molecule has 1 unspecified atom stereocenters. The van der Waals surface area contributed by atoms with Crippen LogP contribution >= 0.6 is 0 Å². The van der Waals surface area contributed by atoms with Gasteiger partial charge in [-0.1, -0.05) is 65.5 Å². The average Bonchev–Trinajstić information content (AvgIpc) is 3.28. The number of carboxylic acids is 2. The van der Waals surface area contributed by atoms with Crippen molar-refractivity contribution in [3.05, 3.63) is 11.6 Å². The van der Waals surface area contributed by atoms with Crippen LogP contribution in [0.5, 0.6) is 0 Å². The molecule has 242 valence electrons. The molecule has 0 aromatic carbocycles. The van der Waals surface area contributed by atoms with Crippen molar-refractivity contribution in [1.29, 1.82) is 0 Å². The fourth-order valence-electron chi connectivity index (χ4n) is 9.90. The van der Waals surface area contributed by atoms with E-state index in [0.29, 0.717) is 17.8 Å². The van der Waals surface area contributed by atoms with Crippen LogP contribution in [-0.4, -0.2) is 58.1 Å². The Balaban J connectivity index is 1.37. The lowest BCUT2D eigenvalue weighted by molar-refractivity contribution is -0.157. The zero-order valence-electron chi connectivity index (χ0n) is 27.1. The molecule has 0 spiro atoms. The van der Waals surface area contributed by atoms with Crippen molar-refractivity contribution in [2.45, 2.75) is 124 Å². The summed E-state index contributed by atoms with van der Waals surface area (Å²) < 4.78 is 5.80. The van der Waals surface area contributed by atoms with E-state index in [0.717, 1.165) is 53.8 Å². The fourth-order valence-corrected chi connectivity index (χ4v) is 9.90. The van der Waals surface area contributed by atoms with Gasteiger partial charge < -0.3 is 19.8 Å². The van der Waals surface area contributed by atoms with Crippen molar-refractivity contribution in [2.75, 3.05) is 13.1 Å². The SMILES string of the molecule is CC(C)CCC[C@@H](C)C1CC[C@H]2[C@@H]3CC=C4C[C@@H](OC(=O)CN(CC(=O)O)C(=O)CCC(=O)O)CC[C@]4(C)[C@H]3CC[C@]12C. The largest absolute Gasteiger partial charge is 0.481 e. The monoisotopic (exact) mass is 601 g/mol. The van der Waals surface area contributed by atoms with Crippen LogP contribution in [0.3, 0.4) is 0 Å². The van der Waals surface area contributed by atoms with Gasteiger partial charge in [0.15, 0.2) is 0 Å². The molecular formula is C35H55NO7. The second-order valence-electron chi connectivity index (χ2n) is 15.2. The third-order valence-corrected chi connectivity index (χ3v) is 12.1. The van der Waals surface area contributed by atoms with E-state index >= 15 is 0 Å². The van der Waals surface area contributed by atoms with Crippen LogP contribution in [0.1, 0.15) is 118 Å². The van der Waals surface area contributed by atoms with E-state index < -0.39 is 43.3 Å². The van der Waals surface area contributed by atoms with Gasteiger partial charge in [0.2, 0.25) is 5.91 Å². The summed E-state index contributed by atoms with van der Waals surface area (Å²) in [6, 6.07) is 0. The molecule has 8 atom stereocenters. The summed E-state index contributed by atoms with van der Waals surface area (Å²) in [7, 11) is 0. The minimum Gasteiger partial charge on any atom is -0.481 e. The smallest absolute Gasteiger partial charge is 0.325 e. The number of nitrogens with zero attached hydrogens (tertiary/aromatic N) is 1. The van der Waals surface area contributed by atoms with Gasteiger partial charge >= 0.3 is 17.9 Å². The van der Waals surface area contributed by atoms with Crippen LogP contribution in [0.15, 0.2) is 11.6 Å². The van der Waals surface area contributed by atoms with Gasteiger partial charge in [-0.2, -0.15) is 0 Å². The van der Waals surface area contributed by atoms with Crippen LogP contribution < -0.4 is 0 Å². The summed E-state index contributed by atoms with van der Waals surface area (Å²) in [6.07, 6.45) is 14.2. The summed E-state index contributed by atoms with van der Waals surface area (Å²) in [5.74, 6) is 0.844. The van der Waals surface area contributed by atoms with E-state index in [1.165, 1.54) is 50.5 Å². The van der Waals surface area contributed by atoms with Crippen molar-refractivity contribution < 1.29 is 34.1 Å². The van der Waals surface area contributed by atoms with Crippen LogP contribution in [0.2, 0.25) is 0 Å². The number of ether oxygens (including phenoxy) is 1. The molecule has 2 N–H and O–H groups in total. The fraction of sp³-hybridized carbons (Fsp3) is 0.829. The lowest BCUT2D eigenvalue weighted by Crippen LogP contribution is -2.51. The van der Waals surface area contributed by atoms with Crippen molar-refractivity contribution in [1.82, 2.24) is 4.90 Å². The molecule has 0 aliphatic heterocycles. The van der Waals surface area contributed by atoms with Crippen LogP contribution in [0.25, 0.3) is 0 Å². The van der Waals surface area contributed by atoms with Crippen LogP contribution in [-0.2, 0) is 23.9 Å². The Morgan fingerprint density at radius 2 is 1.67 bits per heavy atom. The highest BCUT2D eigenvalue weighted by atomic mass is 16.5. The van der Waals surface area contributed by atoms with E-state index in [2.05, 4.69) is 40.7 Å². The Hall–Kier alpha value is -2.38. The third kappa shape index (κ3) is 7.47. The molecule has 8 heteroatoms. The highest BCUT2D eigenvalue weighted by molar-refractivity contribution is 5.87. The minimum atomic E-state index is -1.26. The first-order valence-electron chi connectivity index (χ1n) is 16.8. The van der Waals surface area contributed by atoms with Crippen molar-refractivity contribution >= 4 is 23.8 Å². The summed E-state index contributed by atoms with van der Waals surface area (Å²) >= 11 is 0. The zero-order chi connectivity index (χ0) is 31.5. The number of aliphatic carboxylic acids is 2. The molecule has 1 amide bonds. The van der Waals surface area contributed by atoms with Gasteiger partial charge in [-0.25, -0.2) is 0 Å². The second kappa shape index (κ2) is 13.7. The van der Waals surface area contributed by atoms with Crippen molar-refractivity contribution in [3.63, 3.8) is 0 Å². The van der Waals surface area contributed by atoms with Crippen LogP contribution in [0.4, 0.5) is 0 Å². The number of allylic oxidation sites excluding steroid dienone is 1. The molecule has 0 saturated heterocycles. The second-order valence-corrected chi connectivity index (χ2v) is 15.2. The number of hydrogen-bond acceptors (Lipinski definition) is 5. The summed E-state index contributed by atoms with van der Waals surface area (Å²) in [4.78, 5) is 48.2. The molecule has 0 radical (unpaired) electrons. The molecule has 0 heterocycles. The first kappa shape index (κ1) is 33.5. The Morgan fingerprint density at radius 1 is 0.930 bits per heavy atom. The van der Waals surface area contributed by atoms with Gasteiger partial charge in [0.25, 0.3) is 0 Å². The number of amides is 1. The number of carboxylic acid groups (broad SMARTS) is 2. The number of esters is 1. The number of fused-ring (bicyclic) bond motifs is 5. The molecule has 3 fully saturated rings. The quantitative estimate of drug-likeness (QED) is 0.178. The summed E-state index contributed by atoms with van der Waals surface area (Å²) in [5, 5.41) is 18.1. The molecule has 4 aliphatic carbocycles. The highest BCUT2D eigenvalue weighted by Crippen LogP contribution is 2.67. The normalized spacial score (nSPS) is 33.9. The van der Waals surface area contributed by atoms with Gasteiger partial charge in [0.05, 0.1) is 6.42 Å². The minimum absolute atomic E-state index is 0.121. The number of carbonyl (C=O) groups is 4. The molecule has 0 bridgehead atoms. The lowest BCUT2D eigenvalue weighted by Gasteiger charge is -2.58. The van der Waals surface area contributed by atoms with Gasteiger partial charge in [-0.05, 0) is 91.3 Å². The maximum absolute atomic E-state index is 12.8. The van der Waals surface area contributed by atoms with Gasteiger partial charge in [-0.3, -0.25) is 19.2 Å². The molecular weight excluding hydrogens is 546 g/mol. The zero-order valence-corrected chi connectivity index (χ0v) is 27.1. The van der Waals surface area contributed by atoms with Crippen molar-refractivity contribution in [2.24, 2.45) is 46.3 Å². The Bertz CT molecular complexity index is 1080. The van der Waals surface area contributed by atoms with E-state index in [1.807, 2.05) is 0 Å². The Morgan fingerprint density at radius 3 is 2.35 bits per heavy atom. The molecule has 3 saturated carbocycles. The predicted octanol–water partition coefficient (Wildman–Crippen LogP) is 6.72. The lowest BCUT2D eigenvalue weighted by atomic mass is 9.47. The number of hydrogen-bond donors (Lipinski definition) is 2. The summed E-state index contributed by atoms with van der Waals surface area (Å²) in [5.41, 5.74) is 1.96. The van der Waals surface area contributed by atoms with Gasteiger partial charge in [0.1, 0.15) is 19.2 Å².